The Balaban J connectivity index is 2.16. The molecule has 0 unspecified atom stereocenters. The van der Waals surface area contributed by atoms with E-state index in [2.05, 4.69) is 10.1 Å². The number of anilines is 1. The van der Waals surface area contributed by atoms with Crippen LogP contribution in [0.1, 0.15) is 11.3 Å². The smallest absolute Gasteiger partial charge is 0.306 e. The molecule has 78 valence electrons. The molecule has 5 heteroatoms. The minimum absolute atomic E-state index is 0.198. The average molecular weight is 214 g/mol. The first-order valence-electron chi connectivity index (χ1n) is 4.33. The molecule has 0 atom stereocenters. The predicted octanol–water partition coefficient (Wildman–Crippen LogP) is 0.983. The summed E-state index contributed by atoms with van der Waals surface area (Å²) in [7, 11) is 1.39. The first-order valence-corrected chi connectivity index (χ1v) is 5.21. The molecule has 0 saturated heterocycles. The van der Waals surface area contributed by atoms with Crippen molar-refractivity contribution in [3.05, 3.63) is 16.3 Å². The van der Waals surface area contributed by atoms with Gasteiger partial charge in [0.05, 0.1) is 13.5 Å². The van der Waals surface area contributed by atoms with Gasteiger partial charge >= 0.3 is 5.97 Å². The Kier molecular flexibility index (Phi) is 4.42. The van der Waals surface area contributed by atoms with Gasteiger partial charge in [0.1, 0.15) is 0 Å². The normalized spacial score (nSPS) is 10.1. The number of esters is 1. The van der Waals surface area contributed by atoms with Gasteiger partial charge in [0, 0.05) is 23.7 Å². The Bertz CT molecular complexity index is 299. The molecule has 14 heavy (non-hydrogen) atoms. The van der Waals surface area contributed by atoms with Crippen molar-refractivity contribution >= 4 is 23.0 Å². The van der Waals surface area contributed by atoms with E-state index >= 15 is 0 Å². The van der Waals surface area contributed by atoms with Crippen LogP contribution in [0.25, 0.3) is 0 Å². The summed E-state index contributed by atoms with van der Waals surface area (Å²) < 4.78 is 4.51. The lowest BCUT2D eigenvalue weighted by atomic mass is 10.4. The molecule has 0 aliphatic rings. The third-order valence-corrected chi connectivity index (χ3v) is 2.74. The summed E-state index contributed by atoms with van der Waals surface area (Å²) in [5.41, 5.74) is 6.49. The molecular formula is C9H14N2O2S. The summed E-state index contributed by atoms with van der Waals surface area (Å²) in [4.78, 5) is 11.9. The van der Waals surface area contributed by atoms with Gasteiger partial charge in [0.25, 0.3) is 0 Å². The monoisotopic (exact) mass is 214 g/mol. The zero-order chi connectivity index (χ0) is 10.4. The Morgan fingerprint density at radius 1 is 1.71 bits per heavy atom. The van der Waals surface area contributed by atoms with Crippen LogP contribution in [-0.2, 0) is 16.1 Å². The number of nitrogen functional groups attached to an aromatic ring is 1. The minimum Gasteiger partial charge on any atom is -0.469 e. The zero-order valence-electron chi connectivity index (χ0n) is 8.08. The summed E-state index contributed by atoms with van der Waals surface area (Å²) >= 11 is 1.61. The van der Waals surface area contributed by atoms with Crippen molar-refractivity contribution in [2.24, 2.45) is 0 Å². The molecular weight excluding hydrogens is 200 g/mol. The van der Waals surface area contributed by atoms with Gasteiger partial charge < -0.3 is 15.8 Å². The number of carbonyl (C=O) groups excluding carboxylic acids is 1. The van der Waals surface area contributed by atoms with Crippen LogP contribution in [0.5, 0.6) is 0 Å². The summed E-state index contributed by atoms with van der Waals surface area (Å²) in [6.07, 6.45) is 0.391. The van der Waals surface area contributed by atoms with Crippen LogP contribution in [0.4, 0.5) is 5.69 Å². The van der Waals surface area contributed by atoms with E-state index in [0.29, 0.717) is 19.5 Å². The Hall–Kier alpha value is -1.07. The van der Waals surface area contributed by atoms with Crippen molar-refractivity contribution in [3.8, 4) is 0 Å². The van der Waals surface area contributed by atoms with Gasteiger partial charge in [-0.1, -0.05) is 0 Å². The zero-order valence-corrected chi connectivity index (χ0v) is 8.89. The van der Waals surface area contributed by atoms with Gasteiger partial charge in [-0.05, 0) is 11.4 Å². The van der Waals surface area contributed by atoms with Gasteiger partial charge in [-0.2, -0.15) is 0 Å². The lowest BCUT2D eigenvalue weighted by molar-refractivity contribution is -0.140. The van der Waals surface area contributed by atoms with Gasteiger partial charge in [-0.3, -0.25) is 4.79 Å². The minimum atomic E-state index is -0.198. The molecule has 0 aliphatic heterocycles. The SMILES string of the molecule is COC(=O)CCNCc1sccc1N. The second-order valence-electron chi connectivity index (χ2n) is 2.80. The molecule has 1 rings (SSSR count). The summed E-state index contributed by atoms with van der Waals surface area (Å²) in [6.45, 7) is 1.32. The highest BCUT2D eigenvalue weighted by molar-refractivity contribution is 7.10. The van der Waals surface area contributed by atoms with Gasteiger partial charge in [0.15, 0.2) is 0 Å². The first kappa shape index (κ1) is 11.0. The van der Waals surface area contributed by atoms with Crippen LogP contribution in [0.15, 0.2) is 11.4 Å². The second kappa shape index (κ2) is 5.62. The number of hydrogen-bond donors (Lipinski definition) is 2. The van der Waals surface area contributed by atoms with E-state index in [1.807, 2.05) is 11.4 Å². The molecule has 4 nitrogen and oxygen atoms in total. The molecule has 0 saturated carbocycles. The van der Waals surface area contributed by atoms with E-state index in [0.717, 1.165) is 10.6 Å². The van der Waals surface area contributed by atoms with Crippen LogP contribution in [0.3, 0.4) is 0 Å². The molecule has 0 spiro atoms. The molecule has 0 bridgehead atoms. The van der Waals surface area contributed by atoms with E-state index in [4.69, 9.17) is 5.73 Å². The number of methoxy groups -OCH3 is 1. The number of carbonyl (C=O) groups is 1. The van der Waals surface area contributed by atoms with E-state index in [1.165, 1.54) is 7.11 Å². The fourth-order valence-electron chi connectivity index (χ4n) is 0.989. The molecule has 0 aliphatic carbocycles. The maximum absolute atomic E-state index is 10.8. The van der Waals surface area contributed by atoms with Gasteiger partial charge in [-0.15, -0.1) is 11.3 Å². The number of ether oxygens (including phenoxy) is 1. The third-order valence-electron chi connectivity index (χ3n) is 1.80. The maximum atomic E-state index is 10.8. The second-order valence-corrected chi connectivity index (χ2v) is 3.80. The number of rotatable bonds is 5. The van der Waals surface area contributed by atoms with E-state index in [1.54, 1.807) is 11.3 Å². The van der Waals surface area contributed by atoms with Crippen LogP contribution < -0.4 is 11.1 Å². The van der Waals surface area contributed by atoms with Crippen LogP contribution in [0, 0.1) is 0 Å². The predicted molar refractivity (Wildman–Crippen MR) is 57.1 cm³/mol. The Labute approximate surface area is 87.1 Å². The van der Waals surface area contributed by atoms with E-state index in [-0.39, 0.29) is 5.97 Å². The standard InChI is InChI=1S/C9H14N2O2S/c1-13-9(12)2-4-11-6-8-7(10)3-5-14-8/h3,5,11H,2,4,6,10H2,1H3. The number of hydrogen-bond acceptors (Lipinski definition) is 5. The van der Waals surface area contributed by atoms with E-state index in [9.17, 15) is 4.79 Å². The molecule has 1 heterocycles. The number of nitrogens with one attached hydrogen (secondary N) is 1. The van der Waals surface area contributed by atoms with Crippen molar-refractivity contribution in [1.29, 1.82) is 0 Å². The quantitative estimate of drug-likeness (QED) is 0.566. The fraction of sp³-hybridized carbons (Fsp3) is 0.444. The lowest BCUT2D eigenvalue weighted by Crippen LogP contribution is -2.18. The molecule has 0 aromatic carbocycles. The highest BCUT2D eigenvalue weighted by atomic mass is 32.1. The van der Waals surface area contributed by atoms with E-state index < -0.39 is 0 Å². The molecule has 1 aromatic rings. The van der Waals surface area contributed by atoms with Crippen molar-refractivity contribution in [2.75, 3.05) is 19.4 Å². The maximum Gasteiger partial charge on any atom is 0.306 e. The average Bonchev–Trinajstić information content (AvgIpc) is 2.58. The van der Waals surface area contributed by atoms with Gasteiger partial charge in [-0.25, -0.2) is 0 Å². The molecule has 0 amide bonds. The van der Waals surface area contributed by atoms with Crippen molar-refractivity contribution in [1.82, 2.24) is 5.32 Å². The first-order chi connectivity index (χ1) is 6.74. The highest BCUT2D eigenvalue weighted by Gasteiger charge is 2.01. The molecule has 0 radical (unpaired) electrons. The number of thiophene rings is 1. The topological polar surface area (TPSA) is 64.3 Å². The van der Waals surface area contributed by atoms with Crippen LogP contribution >= 0.6 is 11.3 Å². The fourth-order valence-corrected chi connectivity index (χ4v) is 1.76. The molecule has 1 aromatic heterocycles. The van der Waals surface area contributed by atoms with Crippen molar-refractivity contribution < 1.29 is 9.53 Å². The largest absolute Gasteiger partial charge is 0.469 e. The Morgan fingerprint density at radius 3 is 3.07 bits per heavy atom. The lowest BCUT2D eigenvalue weighted by Gasteiger charge is -2.02. The van der Waals surface area contributed by atoms with Crippen LogP contribution in [-0.4, -0.2) is 19.6 Å². The van der Waals surface area contributed by atoms with Crippen molar-refractivity contribution in [2.45, 2.75) is 13.0 Å². The summed E-state index contributed by atoms with van der Waals surface area (Å²) in [6, 6.07) is 1.88. The number of nitrogens with two attached hydrogens (primary N) is 1. The summed E-state index contributed by atoms with van der Waals surface area (Å²) in [5.74, 6) is -0.198. The molecule has 3 N–H and O–H groups in total. The van der Waals surface area contributed by atoms with Gasteiger partial charge in [0.2, 0.25) is 0 Å². The summed E-state index contributed by atoms with van der Waals surface area (Å²) in [5, 5.41) is 5.07. The Morgan fingerprint density at radius 2 is 2.50 bits per heavy atom. The molecule has 0 fully saturated rings. The third kappa shape index (κ3) is 3.35. The highest BCUT2D eigenvalue weighted by Crippen LogP contribution is 2.17. The van der Waals surface area contributed by atoms with Crippen molar-refractivity contribution in [3.63, 3.8) is 0 Å². The van der Waals surface area contributed by atoms with Crippen LogP contribution in [0.2, 0.25) is 0 Å².